The zero-order valence-corrected chi connectivity index (χ0v) is 10.6. The first-order chi connectivity index (χ1) is 9.09. The summed E-state index contributed by atoms with van der Waals surface area (Å²) < 4.78 is 0. The number of benzene rings is 1. The molecular weight excluding hydrogens is 246 g/mol. The van der Waals surface area contributed by atoms with Gasteiger partial charge in [-0.15, -0.1) is 0 Å². The van der Waals surface area contributed by atoms with E-state index in [2.05, 4.69) is 15.5 Å². The molecule has 0 spiro atoms. The summed E-state index contributed by atoms with van der Waals surface area (Å²) in [6.45, 7) is 1.74. The number of aliphatic hydroxyl groups is 2. The topological polar surface area (TPSA) is 98.2 Å². The summed E-state index contributed by atoms with van der Waals surface area (Å²) in [6, 6.07) is 5.39. The smallest absolute Gasteiger partial charge is 0.216 e. The Morgan fingerprint density at radius 1 is 1.47 bits per heavy atom. The molecule has 0 saturated carbocycles. The fraction of sp³-hybridized carbons (Fsp3) is 0.385. The van der Waals surface area contributed by atoms with Crippen LogP contribution in [0.1, 0.15) is 25.0 Å². The second-order valence-electron chi connectivity index (χ2n) is 4.46. The van der Waals surface area contributed by atoms with Gasteiger partial charge in [-0.05, 0) is 18.1 Å². The quantitative estimate of drug-likeness (QED) is 0.630. The number of aromatic nitrogens is 2. The van der Waals surface area contributed by atoms with Crippen molar-refractivity contribution >= 4 is 16.8 Å². The third-order valence-corrected chi connectivity index (χ3v) is 3.02. The first-order valence-electron chi connectivity index (χ1n) is 6.12. The number of carbonyl (C=O) groups is 1. The summed E-state index contributed by atoms with van der Waals surface area (Å²) in [5.74, 6) is -0.154. The molecule has 2 rings (SSSR count). The lowest BCUT2D eigenvalue weighted by molar-refractivity contribution is -0.119. The molecule has 0 bridgehead atoms. The fourth-order valence-corrected chi connectivity index (χ4v) is 2.01. The molecule has 0 radical (unpaired) electrons. The normalized spacial score (nSPS) is 14.3. The number of hydrogen-bond donors (Lipinski definition) is 4. The number of nitrogens with zero attached hydrogens (tertiary/aromatic N) is 1. The van der Waals surface area contributed by atoms with E-state index in [0.29, 0.717) is 12.1 Å². The van der Waals surface area contributed by atoms with Crippen LogP contribution in [0.5, 0.6) is 0 Å². The van der Waals surface area contributed by atoms with E-state index in [1.807, 2.05) is 6.07 Å². The van der Waals surface area contributed by atoms with Crippen molar-refractivity contribution in [1.29, 1.82) is 0 Å². The van der Waals surface area contributed by atoms with Gasteiger partial charge in [-0.2, -0.15) is 5.10 Å². The Morgan fingerprint density at radius 3 is 3.00 bits per heavy atom. The summed E-state index contributed by atoms with van der Waals surface area (Å²) in [6.07, 6.45) is -0.0361. The van der Waals surface area contributed by atoms with Gasteiger partial charge in [-0.3, -0.25) is 9.89 Å². The minimum atomic E-state index is -1.00. The van der Waals surface area contributed by atoms with Crippen LogP contribution in [-0.4, -0.2) is 39.0 Å². The van der Waals surface area contributed by atoms with Crippen molar-refractivity contribution in [3.8, 4) is 0 Å². The SMILES string of the molecule is CC(=O)NCCC(O)C(O)c1cccc2[nH]ncc12. The monoisotopic (exact) mass is 263 g/mol. The highest BCUT2D eigenvalue weighted by Crippen LogP contribution is 2.25. The van der Waals surface area contributed by atoms with E-state index in [1.165, 1.54) is 6.92 Å². The van der Waals surface area contributed by atoms with Gasteiger partial charge in [-0.25, -0.2) is 0 Å². The van der Waals surface area contributed by atoms with Crippen LogP contribution in [0.3, 0.4) is 0 Å². The standard InChI is InChI=1S/C13H17N3O3/c1-8(17)14-6-5-12(18)13(19)9-3-2-4-11-10(9)7-15-16-11/h2-4,7,12-13,18-19H,5-6H2,1H3,(H,14,17)(H,15,16). The van der Waals surface area contributed by atoms with Crippen LogP contribution in [0.25, 0.3) is 10.9 Å². The Labute approximate surface area is 110 Å². The fourth-order valence-electron chi connectivity index (χ4n) is 2.01. The maximum atomic E-state index is 10.7. The Bertz CT molecular complexity index is 567. The van der Waals surface area contributed by atoms with Crippen molar-refractivity contribution in [3.63, 3.8) is 0 Å². The van der Waals surface area contributed by atoms with E-state index in [0.717, 1.165) is 10.9 Å². The molecule has 0 fully saturated rings. The second-order valence-corrected chi connectivity index (χ2v) is 4.46. The average molecular weight is 263 g/mol. The van der Waals surface area contributed by atoms with Crippen molar-refractivity contribution in [3.05, 3.63) is 30.0 Å². The van der Waals surface area contributed by atoms with E-state index in [-0.39, 0.29) is 12.3 Å². The molecule has 0 aliphatic carbocycles. The zero-order valence-electron chi connectivity index (χ0n) is 10.6. The molecule has 19 heavy (non-hydrogen) atoms. The van der Waals surface area contributed by atoms with Gasteiger partial charge in [-0.1, -0.05) is 12.1 Å². The van der Waals surface area contributed by atoms with Crippen LogP contribution in [0.4, 0.5) is 0 Å². The maximum absolute atomic E-state index is 10.7. The largest absolute Gasteiger partial charge is 0.390 e. The second kappa shape index (κ2) is 5.81. The highest BCUT2D eigenvalue weighted by molar-refractivity contribution is 5.82. The van der Waals surface area contributed by atoms with Gasteiger partial charge in [0.1, 0.15) is 6.10 Å². The number of nitrogens with one attached hydrogen (secondary N) is 2. The molecule has 1 amide bonds. The van der Waals surface area contributed by atoms with E-state index < -0.39 is 12.2 Å². The number of amides is 1. The molecule has 1 heterocycles. The minimum Gasteiger partial charge on any atom is -0.390 e. The maximum Gasteiger partial charge on any atom is 0.216 e. The molecule has 2 unspecified atom stereocenters. The molecule has 0 aliphatic heterocycles. The number of aliphatic hydroxyl groups excluding tert-OH is 2. The Kier molecular flexibility index (Phi) is 4.13. The minimum absolute atomic E-state index is 0.154. The van der Waals surface area contributed by atoms with Gasteiger partial charge >= 0.3 is 0 Å². The Balaban J connectivity index is 2.08. The number of aromatic amines is 1. The lowest BCUT2D eigenvalue weighted by Gasteiger charge is -2.18. The molecule has 102 valence electrons. The van der Waals surface area contributed by atoms with Crippen LogP contribution < -0.4 is 5.32 Å². The first-order valence-corrected chi connectivity index (χ1v) is 6.12. The average Bonchev–Trinajstić information content (AvgIpc) is 2.85. The van der Waals surface area contributed by atoms with E-state index >= 15 is 0 Å². The molecule has 0 aliphatic rings. The molecule has 6 heteroatoms. The molecule has 6 nitrogen and oxygen atoms in total. The Hall–Kier alpha value is -1.92. The van der Waals surface area contributed by atoms with Crippen LogP contribution in [0, 0.1) is 0 Å². The van der Waals surface area contributed by atoms with Crippen molar-refractivity contribution in [2.75, 3.05) is 6.54 Å². The zero-order chi connectivity index (χ0) is 13.8. The Morgan fingerprint density at radius 2 is 2.26 bits per heavy atom. The van der Waals surface area contributed by atoms with E-state index in [1.54, 1.807) is 18.3 Å². The van der Waals surface area contributed by atoms with Crippen LogP contribution in [-0.2, 0) is 4.79 Å². The van der Waals surface area contributed by atoms with Crippen molar-refractivity contribution in [2.24, 2.45) is 0 Å². The van der Waals surface area contributed by atoms with E-state index in [4.69, 9.17) is 0 Å². The third-order valence-electron chi connectivity index (χ3n) is 3.02. The number of H-pyrrole nitrogens is 1. The summed E-state index contributed by atoms with van der Waals surface area (Å²) in [4.78, 5) is 10.7. The van der Waals surface area contributed by atoms with Gasteiger partial charge in [0.25, 0.3) is 0 Å². The third kappa shape index (κ3) is 3.10. The molecule has 2 aromatic rings. The highest BCUT2D eigenvalue weighted by atomic mass is 16.3. The van der Waals surface area contributed by atoms with Gasteiger partial charge < -0.3 is 15.5 Å². The van der Waals surface area contributed by atoms with Crippen molar-refractivity contribution in [2.45, 2.75) is 25.6 Å². The summed E-state index contributed by atoms with van der Waals surface area (Å²) in [7, 11) is 0. The van der Waals surface area contributed by atoms with Crippen LogP contribution in [0.2, 0.25) is 0 Å². The van der Waals surface area contributed by atoms with Crippen LogP contribution in [0.15, 0.2) is 24.4 Å². The number of fused-ring (bicyclic) bond motifs is 1. The highest BCUT2D eigenvalue weighted by Gasteiger charge is 2.20. The first kappa shape index (κ1) is 13.5. The summed E-state index contributed by atoms with van der Waals surface area (Å²) >= 11 is 0. The summed E-state index contributed by atoms with van der Waals surface area (Å²) in [5.41, 5.74) is 1.44. The van der Waals surface area contributed by atoms with Crippen LogP contribution >= 0.6 is 0 Å². The van der Waals surface area contributed by atoms with Crippen molar-refractivity contribution < 1.29 is 15.0 Å². The molecule has 2 atom stereocenters. The molecule has 4 N–H and O–H groups in total. The number of carbonyl (C=O) groups excluding carboxylic acids is 1. The molecule has 1 aromatic heterocycles. The van der Waals surface area contributed by atoms with E-state index in [9.17, 15) is 15.0 Å². The van der Waals surface area contributed by atoms with Gasteiger partial charge in [0.15, 0.2) is 0 Å². The van der Waals surface area contributed by atoms with Gasteiger partial charge in [0.05, 0.1) is 17.8 Å². The summed E-state index contributed by atoms with van der Waals surface area (Å²) in [5, 5.41) is 30.2. The number of hydrogen-bond acceptors (Lipinski definition) is 4. The van der Waals surface area contributed by atoms with Crippen molar-refractivity contribution in [1.82, 2.24) is 15.5 Å². The lowest BCUT2D eigenvalue weighted by atomic mass is 9.99. The van der Waals surface area contributed by atoms with Gasteiger partial charge in [0, 0.05) is 18.9 Å². The van der Waals surface area contributed by atoms with Gasteiger partial charge in [0.2, 0.25) is 5.91 Å². The predicted molar refractivity (Wildman–Crippen MR) is 70.4 cm³/mol. The lowest BCUT2D eigenvalue weighted by Crippen LogP contribution is -2.27. The molecule has 1 aromatic carbocycles. The predicted octanol–water partition coefficient (Wildman–Crippen LogP) is 0.483. The molecular formula is C13H17N3O3. The number of rotatable bonds is 5. The molecule has 0 saturated heterocycles.